The Morgan fingerprint density at radius 1 is 1.29 bits per heavy atom. The zero-order chi connectivity index (χ0) is 14.8. The van der Waals surface area contributed by atoms with E-state index in [4.69, 9.17) is 11.6 Å². The van der Waals surface area contributed by atoms with Crippen molar-refractivity contribution in [2.75, 3.05) is 10.4 Å². The summed E-state index contributed by atoms with van der Waals surface area (Å²) in [6.07, 6.45) is 3.55. The van der Waals surface area contributed by atoms with Gasteiger partial charge in [0.1, 0.15) is 0 Å². The topological polar surface area (TPSA) is 45.2 Å². The number of pyridine rings is 1. The smallest absolute Gasteiger partial charge is 0.248 e. The molecule has 1 aliphatic carbocycles. The molecule has 6 heteroatoms. The average molecular weight is 367 g/mol. The molecule has 1 aliphatic rings. The summed E-state index contributed by atoms with van der Waals surface area (Å²) in [5, 5.41) is 2.18. The number of hydrogen-bond donors (Lipinski definition) is 1. The van der Waals surface area contributed by atoms with Crippen molar-refractivity contribution >= 4 is 44.9 Å². The van der Waals surface area contributed by atoms with Crippen LogP contribution in [0.25, 0.3) is 0 Å². The number of aromatic nitrogens is 1. The van der Waals surface area contributed by atoms with Crippen molar-refractivity contribution in [2.45, 2.75) is 12.8 Å². The van der Waals surface area contributed by atoms with Crippen LogP contribution < -0.4 is 10.4 Å². The molecule has 1 fully saturated rings. The minimum Gasteiger partial charge on any atom is -0.274 e. The largest absolute Gasteiger partial charge is 0.274 e. The number of anilines is 2. The molecule has 3 rings (SSSR count). The number of hydrogen-bond acceptors (Lipinski definition) is 3. The number of carbonyl (C=O) groups is 1. The molecule has 0 aliphatic heterocycles. The van der Waals surface area contributed by atoms with E-state index in [2.05, 4.69) is 26.3 Å². The highest BCUT2D eigenvalue weighted by Crippen LogP contribution is 2.33. The van der Waals surface area contributed by atoms with Crippen molar-refractivity contribution in [2.24, 2.45) is 5.92 Å². The molecule has 1 aromatic carbocycles. The molecule has 0 unspecified atom stereocenters. The first kappa shape index (κ1) is 14.4. The van der Waals surface area contributed by atoms with Crippen LogP contribution in [0.4, 0.5) is 11.5 Å². The van der Waals surface area contributed by atoms with Crippen LogP contribution in [0.15, 0.2) is 47.1 Å². The van der Waals surface area contributed by atoms with E-state index in [0.717, 1.165) is 23.0 Å². The maximum atomic E-state index is 12.5. The third kappa shape index (κ3) is 3.36. The average Bonchev–Trinajstić information content (AvgIpc) is 3.32. The Morgan fingerprint density at radius 2 is 2.00 bits per heavy atom. The molecule has 0 spiro atoms. The molecule has 1 saturated carbocycles. The molecule has 4 nitrogen and oxygen atoms in total. The monoisotopic (exact) mass is 365 g/mol. The first-order valence-electron chi connectivity index (χ1n) is 6.62. The van der Waals surface area contributed by atoms with Gasteiger partial charge in [0.2, 0.25) is 5.91 Å². The van der Waals surface area contributed by atoms with Crippen molar-refractivity contribution in [1.29, 1.82) is 0 Å². The van der Waals surface area contributed by atoms with Gasteiger partial charge in [0, 0.05) is 17.1 Å². The number of benzene rings is 1. The van der Waals surface area contributed by atoms with E-state index < -0.39 is 0 Å². The van der Waals surface area contributed by atoms with Crippen LogP contribution in [0.3, 0.4) is 0 Å². The van der Waals surface area contributed by atoms with E-state index in [1.807, 2.05) is 24.3 Å². The lowest BCUT2D eigenvalue weighted by Crippen LogP contribution is -2.37. The Balaban J connectivity index is 1.90. The van der Waals surface area contributed by atoms with Crippen molar-refractivity contribution in [3.8, 4) is 0 Å². The van der Waals surface area contributed by atoms with Gasteiger partial charge in [0.15, 0.2) is 5.82 Å². The second-order valence-electron chi connectivity index (χ2n) is 4.87. The number of halogens is 2. The highest BCUT2D eigenvalue weighted by Gasteiger charge is 2.34. The fourth-order valence-corrected chi connectivity index (χ4v) is 2.39. The molecule has 1 aromatic heterocycles. The quantitative estimate of drug-likeness (QED) is 0.822. The van der Waals surface area contributed by atoms with E-state index in [1.54, 1.807) is 23.3 Å². The van der Waals surface area contributed by atoms with E-state index in [0.29, 0.717) is 10.8 Å². The second-order valence-corrected chi connectivity index (χ2v) is 6.16. The summed E-state index contributed by atoms with van der Waals surface area (Å²) in [7, 11) is 0. The summed E-state index contributed by atoms with van der Waals surface area (Å²) in [4.78, 5) is 16.7. The minimum absolute atomic E-state index is 0.0508. The van der Waals surface area contributed by atoms with E-state index >= 15 is 0 Å². The number of hydrazine groups is 1. The zero-order valence-electron chi connectivity index (χ0n) is 11.1. The lowest BCUT2D eigenvalue weighted by molar-refractivity contribution is -0.119. The molecule has 0 atom stereocenters. The van der Waals surface area contributed by atoms with Gasteiger partial charge in [-0.1, -0.05) is 11.6 Å². The fraction of sp³-hybridized carbons (Fsp3) is 0.200. The second kappa shape index (κ2) is 6.03. The van der Waals surface area contributed by atoms with Gasteiger partial charge >= 0.3 is 0 Å². The standard InChI is InChI=1S/C15H13BrClN3O/c16-13-2-1-9-18-14(13)19-20(15(21)10-3-4-10)12-7-5-11(17)6-8-12/h1-2,5-10H,3-4H2,(H,18,19). The van der Waals surface area contributed by atoms with Crippen molar-refractivity contribution < 1.29 is 4.79 Å². The van der Waals surface area contributed by atoms with Gasteiger partial charge in [-0.2, -0.15) is 0 Å². The first-order chi connectivity index (χ1) is 10.1. The Bertz CT molecular complexity index is 658. The Morgan fingerprint density at radius 3 is 2.62 bits per heavy atom. The number of nitrogens with zero attached hydrogens (tertiary/aromatic N) is 2. The van der Waals surface area contributed by atoms with Crippen molar-refractivity contribution in [1.82, 2.24) is 4.98 Å². The van der Waals surface area contributed by atoms with E-state index in [-0.39, 0.29) is 11.8 Å². The molecule has 1 amide bonds. The summed E-state index contributed by atoms with van der Waals surface area (Å²) < 4.78 is 0.799. The molecular formula is C15H13BrClN3O. The third-order valence-corrected chi connectivity index (χ3v) is 4.10. The van der Waals surface area contributed by atoms with Crippen LogP contribution in [0.2, 0.25) is 5.02 Å². The molecule has 2 aromatic rings. The first-order valence-corrected chi connectivity index (χ1v) is 7.79. The predicted molar refractivity (Wildman–Crippen MR) is 87.2 cm³/mol. The van der Waals surface area contributed by atoms with Gasteiger partial charge in [-0.15, -0.1) is 0 Å². The van der Waals surface area contributed by atoms with Gasteiger partial charge in [0.05, 0.1) is 10.2 Å². The molecule has 0 radical (unpaired) electrons. The zero-order valence-corrected chi connectivity index (χ0v) is 13.4. The van der Waals surface area contributed by atoms with Crippen molar-refractivity contribution in [3.63, 3.8) is 0 Å². The minimum atomic E-state index is 0.0508. The molecular weight excluding hydrogens is 354 g/mol. The summed E-state index contributed by atoms with van der Waals surface area (Å²) >= 11 is 9.34. The van der Waals surface area contributed by atoms with Crippen LogP contribution in [-0.2, 0) is 4.79 Å². The van der Waals surface area contributed by atoms with Gasteiger partial charge in [0.25, 0.3) is 0 Å². The van der Waals surface area contributed by atoms with Crippen LogP contribution in [0.5, 0.6) is 0 Å². The van der Waals surface area contributed by atoms with E-state index in [1.165, 1.54) is 0 Å². The lowest BCUT2D eigenvalue weighted by atomic mass is 10.3. The van der Waals surface area contributed by atoms with Gasteiger partial charge < -0.3 is 0 Å². The lowest BCUT2D eigenvalue weighted by Gasteiger charge is -2.24. The van der Waals surface area contributed by atoms with Gasteiger partial charge in [-0.25, -0.2) is 9.99 Å². The van der Waals surface area contributed by atoms with Gasteiger partial charge in [-0.05, 0) is 65.2 Å². The summed E-state index contributed by atoms with van der Waals surface area (Å²) in [6, 6.07) is 10.8. The molecule has 21 heavy (non-hydrogen) atoms. The summed E-state index contributed by atoms with van der Waals surface area (Å²) in [6.45, 7) is 0. The van der Waals surface area contributed by atoms with E-state index in [9.17, 15) is 4.79 Å². The maximum absolute atomic E-state index is 12.5. The Kier molecular flexibility index (Phi) is 4.12. The molecule has 1 heterocycles. The Labute approximate surface area is 136 Å². The summed E-state index contributed by atoms with van der Waals surface area (Å²) in [5.74, 6) is 0.743. The highest BCUT2D eigenvalue weighted by molar-refractivity contribution is 9.10. The number of rotatable bonds is 4. The number of amides is 1. The predicted octanol–water partition coefficient (Wildman–Crippen LogP) is 4.27. The summed E-state index contributed by atoms with van der Waals surface area (Å²) in [5.41, 5.74) is 3.83. The fourth-order valence-electron chi connectivity index (χ4n) is 1.92. The van der Waals surface area contributed by atoms with Crippen molar-refractivity contribution in [3.05, 3.63) is 52.1 Å². The highest BCUT2D eigenvalue weighted by atomic mass is 79.9. The molecule has 0 bridgehead atoms. The van der Waals surface area contributed by atoms with Crippen LogP contribution >= 0.6 is 27.5 Å². The van der Waals surface area contributed by atoms with Crippen LogP contribution in [-0.4, -0.2) is 10.9 Å². The third-order valence-electron chi connectivity index (χ3n) is 3.21. The number of nitrogens with one attached hydrogen (secondary N) is 1. The Hall–Kier alpha value is -1.59. The number of carbonyl (C=O) groups excluding carboxylic acids is 1. The SMILES string of the molecule is O=C(C1CC1)N(Nc1ncccc1Br)c1ccc(Cl)cc1. The molecule has 108 valence electrons. The molecule has 0 saturated heterocycles. The van der Waals surface area contributed by atoms with Crippen LogP contribution in [0.1, 0.15) is 12.8 Å². The molecule has 1 N–H and O–H groups in total. The van der Waals surface area contributed by atoms with Gasteiger partial charge in [-0.3, -0.25) is 10.2 Å². The normalized spacial score (nSPS) is 13.8. The maximum Gasteiger partial charge on any atom is 0.248 e. The van der Waals surface area contributed by atoms with Crippen LogP contribution in [0, 0.1) is 5.92 Å².